The first-order valence-electron chi connectivity index (χ1n) is 8.48. The van der Waals surface area contributed by atoms with Crippen LogP contribution in [0.25, 0.3) is 0 Å². The molecule has 7 nitrogen and oxygen atoms in total. The predicted molar refractivity (Wildman–Crippen MR) is 93.6 cm³/mol. The molecule has 138 valence electrons. The lowest BCUT2D eigenvalue weighted by Crippen LogP contribution is -2.41. The summed E-state index contributed by atoms with van der Waals surface area (Å²) in [6, 6.07) is 0. The molecule has 1 saturated heterocycles. The minimum absolute atomic E-state index is 0.148. The summed E-state index contributed by atoms with van der Waals surface area (Å²) in [4.78, 5) is 18.6. The van der Waals surface area contributed by atoms with Crippen molar-refractivity contribution in [2.24, 2.45) is 22.2 Å². The average Bonchev–Trinajstić information content (AvgIpc) is 3.13. The fraction of sp³-hybridized carbons (Fsp3) is 0.875. The van der Waals surface area contributed by atoms with Gasteiger partial charge < -0.3 is 15.0 Å². The number of carbonyl (C=O) groups excluding carboxylic acids is 1. The maximum absolute atomic E-state index is 11.9. The van der Waals surface area contributed by atoms with Crippen molar-refractivity contribution in [2.75, 3.05) is 45.3 Å². The molecule has 1 N–H and O–H groups in total. The van der Waals surface area contributed by atoms with Crippen molar-refractivity contribution in [3.8, 4) is 0 Å². The molecule has 0 amide bonds. The van der Waals surface area contributed by atoms with Gasteiger partial charge in [0, 0.05) is 37.8 Å². The zero-order valence-corrected chi connectivity index (χ0v) is 15.9. The van der Waals surface area contributed by atoms with Crippen molar-refractivity contribution in [1.82, 2.24) is 10.2 Å². The Morgan fingerprint density at radius 2 is 2.04 bits per heavy atom. The highest BCUT2D eigenvalue weighted by molar-refractivity contribution is 7.90. The maximum atomic E-state index is 11.9. The van der Waals surface area contributed by atoms with E-state index >= 15 is 0 Å². The monoisotopic (exact) mass is 359 g/mol. The molecule has 0 radical (unpaired) electrons. The van der Waals surface area contributed by atoms with Gasteiger partial charge in [-0.3, -0.25) is 9.79 Å². The molecule has 2 unspecified atom stereocenters. The van der Waals surface area contributed by atoms with Crippen LogP contribution in [0.5, 0.6) is 0 Å². The van der Waals surface area contributed by atoms with E-state index in [0.29, 0.717) is 13.1 Å². The lowest BCUT2D eigenvalue weighted by atomic mass is 9.99. The fourth-order valence-electron chi connectivity index (χ4n) is 3.35. The molecule has 1 aliphatic heterocycles. The first-order chi connectivity index (χ1) is 11.2. The Balaban J connectivity index is 2.06. The topological polar surface area (TPSA) is 88.1 Å². The highest BCUT2D eigenvalue weighted by Crippen LogP contribution is 2.47. The lowest BCUT2D eigenvalue weighted by molar-refractivity contribution is -0.145. The van der Waals surface area contributed by atoms with Crippen molar-refractivity contribution >= 4 is 21.8 Å². The number of ether oxygens (including phenoxy) is 1. The van der Waals surface area contributed by atoms with Crippen LogP contribution in [-0.2, 0) is 19.4 Å². The second-order valence-electron chi connectivity index (χ2n) is 7.25. The smallest absolute Gasteiger partial charge is 0.310 e. The number of methoxy groups -OCH3 is 1. The second-order valence-corrected chi connectivity index (χ2v) is 9.39. The molecule has 2 atom stereocenters. The van der Waals surface area contributed by atoms with Crippen LogP contribution >= 0.6 is 0 Å². The molecule has 2 aliphatic rings. The molecule has 0 aromatic rings. The van der Waals surface area contributed by atoms with E-state index in [-0.39, 0.29) is 29.0 Å². The summed E-state index contributed by atoms with van der Waals surface area (Å²) in [7, 11) is -1.58. The Kier molecular flexibility index (Phi) is 5.78. The Morgan fingerprint density at radius 1 is 1.38 bits per heavy atom. The quantitative estimate of drug-likeness (QED) is 0.422. The fourth-order valence-corrected chi connectivity index (χ4v) is 4.84. The van der Waals surface area contributed by atoms with Crippen LogP contribution in [-0.4, -0.2) is 70.5 Å². The van der Waals surface area contributed by atoms with Gasteiger partial charge in [0.15, 0.2) is 5.96 Å². The number of hydrogen-bond acceptors (Lipinski definition) is 5. The third-order valence-electron chi connectivity index (χ3n) is 4.84. The molecule has 0 aromatic heterocycles. The Labute approximate surface area is 144 Å². The van der Waals surface area contributed by atoms with Crippen molar-refractivity contribution in [3.05, 3.63) is 0 Å². The van der Waals surface area contributed by atoms with Gasteiger partial charge in [-0.15, -0.1) is 0 Å². The number of nitrogens with one attached hydrogen (secondary N) is 1. The summed E-state index contributed by atoms with van der Waals surface area (Å²) in [5, 5.41) is 3.26. The van der Waals surface area contributed by atoms with Crippen LogP contribution in [0.1, 0.15) is 26.7 Å². The minimum atomic E-state index is -3.00. The third kappa shape index (κ3) is 4.84. The maximum Gasteiger partial charge on any atom is 0.310 e. The highest BCUT2D eigenvalue weighted by Gasteiger charge is 2.45. The molecule has 1 aliphatic carbocycles. The summed E-state index contributed by atoms with van der Waals surface area (Å²) in [6.45, 7) is 6.60. The van der Waals surface area contributed by atoms with Crippen molar-refractivity contribution in [3.63, 3.8) is 0 Å². The number of rotatable bonds is 6. The van der Waals surface area contributed by atoms with Gasteiger partial charge in [0.2, 0.25) is 0 Å². The Morgan fingerprint density at radius 3 is 2.54 bits per heavy atom. The Hall–Kier alpha value is -1.31. The number of nitrogens with zero attached hydrogens (tertiary/aromatic N) is 2. The number of carbonyl (C=O) groups is 1. The van der Waals surface area contributed by atoms with Gasteiger partial charge in [0.1, 0.15) is 9.84 Å². The lowest BCUT2D eigenvalue weighted by Gasteiger charge is -2.22. The van der Waals surface area contributed by atoms with Crippen molar-refractivity contribution in [1.29, 1.82) is 0 Å². The van der Waals surface area contributed by atoms with E-state index in [1.54, 1.807) is 0 Å². The van der Waals surface area contributed by atoms with Crippen LogP contribution in [0.15, 0.2) is 4.99 Å². The molecule has 0 spiro atoms. The zero-order valence-electron chi connectivity index (χ0n) is 15.0. The predicted octanol–water partition coefficient (Wildman–Crippen LogP) is 0.518. The van der Waals surface area contributed by atoms with Gasteiger partial charge in [-0.25, -0.2) is 8.42 Å². The molecule has 2 fully saturated rings. The van der Waals surface area contributed by atoms with Crippen LogP contribution in [0.4, 0.5) is 0 Å². The van der Waals surface area contributed by atoms with E-state index in [0.717, 1.165) is 31.9 Å². The van der Waals surface area contributed by atoms with Crippen molar-refractivity contribution in [2.45, 2.75) is 26.7 Å². The standard InChI is InChI=1S/C16H29N3O4S/c1-5-17-15(18-10-16(6-7-16)11-24(4,21)22)19-8-12(2)13(9-19)14(20)23-3/h12-13H,5-11H2,1-4H3,(H,17,18). The molecule has 24 heavy (non-hydrogen) atoms. The minimum Gasteiger partial charge on any atom is -0.469 e. The van der Waals surface area contributed by atoms with E-state index in [1.807, 2.05) is 13.8 Å². The van der Waals surface area contributed by atoms with E-state index in [9.17, 15) is 13.2 Å². The number of aliphatic imine (C=N–C) groups is 1. The van der Waals surface area contributed by atoms with Gasteiger partial charge in [0.25, 0.3) is 0 Å². The molecule has 2 rings (SSSR count). The molecule has 0 bridgehead atoms. The second kappa shape index (κ2) is 7.29. The molecule has 0 aromatic carbocycles. The molecule has 1 saturated carbocycles. The summed E-state index contributed by atoms with van der Waals surface area (Å²) in [5.74, 6) is 0.827. The van der Waals surface area contributed by atoms with Crippen molar-refractivity contribution < 1.29 is 17.9 Å². The average molecular weight is 359 g/mol. The van der Waals surface area contributed by atoms with Gasteiger partial charge in [-0.1, -0.05) is 6.92 Å². The van der Waals surface area contributed by atoms with Crippen LogP contribution in [0, 0.1) is 17.3 Å². The first kappa shape index (κ1) is 19.0. The molecule has 1 heterocycles. The first-order valence-corrected chi connectivity index (χ1v) is 10.5. The van der Waals surface area contributed by atoms with Gasteiger partial charge in [-0.2, -0.15) is 0 Å². The normalized spacial score (nSPS) is 26.3. The number of esters is 1. The van der Waals surface area contributed by atoms with Gasteiger partial charge >= 0.3 is 5.97 Å². The SMILES string of the molecule is CCNC(=NCC1(CS(C)(=O)=O)CC1)N1CC(C)C(C(=O)OC)C1. The molecular formula is C16H29N3O4S. The third-order valence-corrected chi connectivity index (χ3v) is 5.98. The molecule has 8 heteroatoms. The number of guanidine groups is 1. The van der Waals surface area contributed by atoms with Gasteiger partial charge in [0.05, 0.1) is 18.8 Å². The number of sulfone groups is 1. The number of hydrogen-bond donors (Lipinski definition) is 1. The van der Waals surface area contributed by atoms with E-state index in [1.165, 1.54) is 13.4 Å². The highest BCUT2D eigenvalue weighted by atomic mass is 32.2. The van der Waals surface area contributed by atoms with Crippen LogP contribution in [0.2, 0.25) is 0 Å². The zero-order chi connectivity index (χ0) is 18.0. The summed E-state index contributed by atoms with van der Waals surface area (Å²) >= 11 is 0. The summed E-state index contributed by atoms with van der Waals surface area (Å²) < 4.78 is 28.0. The summed E-state index contributed by atoms with van der Waals surface area (Å²) in [6.07, 6.45) is 3.10. The van der Waals surface area contributed by atoms with E-state index < -0.39 is 9.84 Å². The van der Waals surface area contributed by atoms with E-state index in [4.69, 9.17) is 4.74 Å². The number of likely N-dealkylation sites (tertiary alicyclic amines) is 1. The largest absolute Gasteiger partial charge is 0.469 e. The van der Waals surface area contributed by atoms with Crippen LogP contribution < -0.4 is 5.32 Å². The summed E-state index contributed by atoms with van der Waals surface area (Å²) in [5.41, 5.74) is -0.193. The van der Waals surface area contributed by atoms with E-state index in [2.05, 4.69) is 15.2 Å². The Bertz CT molecular complexity index is 598. The molecular weight excluding hydrogens is 330 g/mol. The van der Waals surface area contributed by atoms with Gasteiger partial charge in [-0.05, 0) is 25.7 Å². The van der Waals surface area contributed by atoms with Crippen LogP contribution in [0.3, 0.4) is 0 Å².